The Bertz CT molecular complexity index is 1080. The van der Waals surface area contributed by atoms with Gasteiger partial charge in [0.25, 0.3) is 0 Å². The van der Waals surface area contributed by atoms with Crippen LogP contribution in [0.25, 0.3) is 11.1 Å². The number of carbonyl (C=O) groups is 2. The summed E-state index contributed by atoms with van der Waals surface area (Å²) in [6.07, 6.45) is 3.24. The fraction of sp³-hybridized carbons (Fsp3) is 0.269. The molecule has 0 fully saturated rings. The van der Waals surface area contributed by atoms with Crippen LogP contribution in [0, 0.1) is 11.8 Å². The minimum Gasteiger partial charge on any atom is -0.310 e. The summed E-state index contributed by atoms with van der Waals surface area (Å²) in [7, 11) is 0. The van der Waals surface area contributed by atoms with Crippen LogP contribution in [0.4, 0.5) is 14.5 Å². The fourth-order valence-corrected chi connectivity index (χ4v) is 3.50. The number of nitrogens with zero attached hydrogens (tertiary/aromatic N) is 2. The molecule has 32 heavy (non-hydrogen) atoms. The first-order valence-electron chi connectivity index (χ1n) is 10.8. The second kappa shape index (κ2) is 10.8. The van der Waals surface area contributed by atoms with Gasteiger partial charge in [0.1, 0.15) is 5.82 Å². The average Bonchev–Trinajstić information content (AvgIpc) is 2.82. The maximum absolute atomic E-state index is 14.8. The Morgan fingerprint density at radius 1 is 0.938 bits per heavy atom. The number of hydrogen-bond donors (Lipinski definition) is 0. The number of carbonyl (C=O) groups excluding carboxylic acids is 2. The molecule has 0 unspecified atom stereocenters. The Morgan fingerprint density at radius 2 is 1.66 bits per heavy atom. The highest BCUT2D eigenvalue weighted by Gasteiger charge is 2.17. The first-order valence-corrected chi connectivity index (χ1v) is 10.8. The molecule has 166 valence electrons. The summed E-state index contributed by atoms with van der Waals surface area (Å²) in [5.41, 5.74) is 3.08. The van der Waals surface area contributed by atoms with E-state index in [9.17, 15) is 18.4 Å². The van der Waals surface area contributed by atoms with Crippen molar-refractivity contribution < 1.29 is 18.4 Å². The monoisotopic (exact) mass is 436 g/mol. The van der Waals surface area contributed by atoms with E-state index >= 15 is 0 Å². The first-order chi connectivity index (χ1) is 15.4. The minimum absolute atomic E-state index is 0.0318. The number of anilines is 1. The van der Waals surface area contributed by atoms with Crippen LogP contribution < -0.4 is 4.90 Å². The van der Waals surface area contributed by atoms with Crippen molar-refractivity contribution in [2.75, 3.05) is 11.4 Å². The van der Waals surface area contributed by atoms with Gasteiger partial charge in [-0.2, -0.15) is 4.39 Å². The predicted octanol–water partition coefficient (Wildman–Crippen LogP) is 6.00. The third kappa shape index (κ3) is 5.63. The summed E-state index contributed by atoms with van der Waals surface area (Å²) < 4.78 is 27.7. The van der Waals surface area contributed by atoms with E-state index in [4.69, 9.17) is 0 Å². The molecule has 1 amide bonds. The van der Waals surface area contributed by atoms with Crippen molar-refractivity contribution in [1.82, 2.24) is 4.98 Å². The van der Waals surface area contributed by atoms with E-state index in [1.807, 2.05) is 6.92 Å². The van der Waals surface area contributed by atoms with Crippen LogP contribution in [-0.4, -0.2) is 23.2 Å². The number of pyridine rings is 1. The van der Waals surface area contributed by atoms with E-state index < -0.39 is 11.8 Å². The van der Waals surface area contributed by atoms with Crippen LogP contribution in [0.5, 0.6) is 0 Å². The van der Waals surface area contributed by atoms with Crippen molar-refractivity contribution in [3.05, 3.63) is 83.7 Å². The summed E-state index contributed by atoms with van der Waals surface area (Å²) in [4.78, 5) is 29.7. The van der Waals surface area contributed by atoms with Crippen LogP contribution in [0.2, 0.25) is 0 Å². The number of hydrogen-bond acceptors (Lipinski definition) is 3. The molecule has 0 saturated carbocycles. The molecule has 0 aliphatic carbocycles. The van der Waals surface area contributed by atoms with E-state index in [0.29, 0.717) is 30.5 Å². The van der Waals surface area contributed by atoms with Gasteiger partial charge in [-0.05, 0) is 47.7 Å². The Kier molecular flexibility index (Phi) is 7.82. The molecule has 0 aliphatic heterocycles. The van der Waals surface area contributed by atoms with Gasteiger partial charge in [0.05, 0.1) is 5.69 Å². The molecule has 2 aromatic carbocycles. The Balaban J connectivity index is 1.71. The summed E-state index contributed by atoms with van der Waals surface area (Å²) in [5, 5.41) is 0. The van der Waals surface area contributed by atoms with Gasteiger partial charge < -0.3 is 4.90 Å². The number of ketones is 1. The predicted molar refractivity (Wildman–Crippen MR) is 122 cm³/mol. The number of aryl methyl sites for hydroxylation is 1. The van der Waals surface area contributed by atoms with Crippen LogP contribution in [0.3, 0.4) is 0 Å². The maximum Gasteiger partial charge on any atom is 0.226 e. The van der Waals surface area contributed by atoms with Gasteiger partial charge in [-0.15, -0.1) is 0 Å². The molecular weight excluding hydrogens is 410 g/mol. The lowest BCUT2D eigenvalue weighted by Gasteiger charge is -2.22. The van der Waals surface area contributed by atoms with Gasteiger partial charge in [-0.25, -0.2) is 9.37 Å². The smallest absolute Gasteiger partial charge is 0.226 e. The van der Waals surface area contributed by atoms with Crippen molar-refractivity contribution in [1.29, 1.82) is 0 Å². The number of aromatic nitrogens is 1. The summed E-state index contributed by atoms with van der Waals surface area (Å²) in [5.74, 6) is -1.14. The first kappa shape index (κ1) is 23.3. The van der Waals surface area contributed by atoms with Gasteiger partial charge >= 0.3 is 0 Å². The lowest BCUT2D eigenvalue weighted by atomic mass is 9.99. The van der Waals surface area contributed by atoms with Gasteiger partial charge in [-0.3, -0.25) is 9.59 Å². The van der Waals surface area contributed by atoms with Crippen molar-refractivity contribution in [3.8, 4) is 11.1 Å². The third-order valence-corrected chi connectivity index (χ3v) is 5.26. The zero-order valence-corrected chi connectivity index (χ0v) is 18.3. The molecule has 0 saturated heterocycles. The average molecular weight is 437 g/mol. The summed E-state index contributed by atoms with van der Waals surface area (Å²) in [6.45, 7) is 4.17. The number of Topliss-reactive ketones (excluding diaryl/α,β-unsaturated/α-hetero) is 1. The van der Waals surface area contributed by atoms with Crippen molar-refractivity contribution in [2.45, 2.75) is 39.5 Å². The van der Waals surface area contributed by atoms with Crippen LogP contribution >= 0.6 is 0 Å². The highest BCUT2D eigenvalue weighted by molar-refractivity contribution is 5.96. The lowest BCUT2D eigenvalue weighted by Crippen LogP contribution is -2.31. The zero-order valence-electron chi connectivity index (χ0n) is 18.3. The zero-order chi connectivity index (χ0) is 23.1. The maximum atomic E-state index is 14.8. The molecule has 4 nitrogen and oxygen atoms in total. The highest BCUT2D eigenvalue weighted by atomic mass is 19.1. The van der Waals surface area contributed by atoms with E-state index in [1.165, 1.54) is 23.2 Å². The van der Waals surface area contributed by atoms with E-state index in [0.717, 1.165) is 17.5 Å². The SMILES string of the molecule is CCCN(C(=O)CC)c1ccc(-c2ccc(C(=O)CCc3ccc(F)nc3)cc2)cc1F. The van der Waals surface area contributed by atoms with E-state index in [2.05, 4.69) is 4.98 Å². The molecular formula is C26H26F2N2O2. The largest absolute Gasteiger partial charge is 0.310 e. The highest BCUT2D eigenvalue weighted by Crippen LogP contribution is 2.28. The molecule has 0 bridgehead atoms. The molecule has 1 aromatic heterocycles. The molecule has 0 aliphatic rings. The molecule has 0 N–H and O–H groups in total. The Hall–Kier alpha value is -3.41. The van der Waals surface area contributed by atoms with Crippen molar-refractivity contribution in [3.63, 3.8) is 0 Å². The Morgan fingerprint density at radius 3 is 2.25 bits per heavy atom. The van der Waals surface area contributed by atoms with Gasteiger partial charge in [-0.1, -0.05) is 50.2 Å². The minimum atomic E-state index is -0.546. The standard InChI is InChI=1S/C26H26F2N2O2/c1-3-15-30(26(32)4-2)23-12-11-21(16-22(23)27)19-7-9-20(10-8-19)24(31)13-5-18-6-14-25(28)29-17-18/h6-12,14,16-17H,3-5,13,15H2,1-2H3. The number of rotatable bonds is 9. The van der Waals surface area contributed by atoms with Crippen LogP contribution in [0.1, 0.15) is 49.0 Å². The molecule has 0 atom stereocenters. The molecule has 6 heteroatoms. The van der Waals surface area contributed by atoms with Crippen molar-refractivity contribution in [2.24, 2.45) is 0 Å². The number of amides is 1. The normalized spacial score (nSPS) is 10.8. The summed E-state index contributed by atoms with van der Waals surface area (Å²) in [6, 6.07) is 14.7. The molecule has 1 heterocycles. The molecule has 0 spiro atoms. The van der Waals surface area contributed by atoms with Crippen LogP contribution in [0.15, 0.2) is 60.8 Å². The van der Waals surface area contributed by atoms with Gasteiger partial charge in [0, 0.05) is 31.1 Å². The van der Waals surface area contributed by atoms with E-state index in [-0.39, 0.29) is 23.8 Å². The fourth-order valence-electron chi connectivity index (χ4n) is 3.50. The summed E-state index contributed by atoms with van der Waals surface area (Å²) >= 11 is 0. The second-order valence-electron chi connectivity index (χ2n) is 7.55. The molecule has 3 aromatic rings. The van der Waals surface area contributed by atoms with E-state index in [1.54, 1.807) is 49.4 Å². The lowest BCUT2D eigenvalue weighted by molar-refractivity contribution is -0.118. The molecule has 0 radical (unpaired) electrons. The topological polar surface area (TPSA) is 50.3 Å². The second-order valence-corrected chi connectivity index (χ2v) is 7.55. The Labute approximate surface area is 186 Å². The number of benzene rings is 2. The quantitative estimate of drug-likeness (QED) is 0.306. The molecule has 3 rings (SSSR count). The van der Waals surface area contributed by atoms with Gasteiger partial charge in [0.15, 0.2) is 5.78 Å². The third-order valence-electron chi connectivity index (χ3n) is 5.26. The van der Waals surface area contributed by atoms with Crippen LogP contribution in [-0.2, 0) is 11.2 Å². The van der Waals surface area contributed by atoms with Crippen molar-refractivity contribution >= 4 is 17.4 Å². The number of halogens is 2. The van der Waals surface area contributed by atoms with Gasteiger partial charge in [0.2, 0.25) is 11.9 Å².